The lowest BCUT2D eigenvalue weighted by atomic mass is 9.65. The average molecular weight is 375 g/mol. The Labute approximate surface area is 153 Å². The van der Waals surface area contributed by atoms with Crippen molar-refractivity contribution in [3.05, 3.63) is 0 Å². The van der Waals surface area contributed by atoms with Crippen LogP contribution in [0.2, 0.25) is 0 Å². The van der Waals surface area contributed by atoms with Gasteiger partial charge in [-0.2, -0.15) is 11.8 Å². The summed E-state index contributed by atoms with van der Waals surface area (Å²) in [6, 6.07) is 0.0249. The molecule has 0 radical (unpaired) electrons. The summed E-state index contributed by atoms with van der Waals surface area (Å²) in [5.41, 5.74) is 4.88. The van der Waals surface area contributed by atoms with Gasteiger partial charge in [0, 0.05) is 27.7 Å². The van der Waals surface area contributed by atoms with Crippen LogP contribution in [0, 0.1) is 11.8 Å². The molecule has 136 valence electrons. The summed E-state index contributed by atoms with van der Waals surface area (Å²) in [6.45, 7) is 0. The van der Waals surface area contributed by atoms with E-state index in [0.717, 1.165) is 24.5 Å². The Kier molecular flexibility index (Phi) is 4.81. The molecule has 3 fully saturated rings. The highest BCUT2D eigenvalue weighted by Gasteiger charge is 2.58. The third kappa shape index (κ3) is 2.88. The van der Waals surface area contributed by atoms with Gasteiger partial charge in [-0.25, -0.2) is 4.39 Å². The molecule has 0 amide bonds. The van der Waals surface area contributed by atoms with E-state index in [1.54, 1.807) is 0 Å². The summed E-state index contributed by atoms with van der Waals surface area (Å²) in [6.07, 6.45) is 7.52. The number of aliphatic hydroxyl groups is 1. The predicted octanol–water partition coefficient (Wildman–Crippen LogP) is 3.66. The molecule has 3 aliphatic carbocycles. The van der Waals surface area contributed by atoms with Gasteiger partial charge in [-0.15, -0.1) is 11.6 Å². The Hall–Kier alpha value is -0.0000000000000000555. The van der Waals surface area contributed by atoms with Gasteiger partial charge in [0.05, 0.1) is 6.04 Å². The first kappa shape index (κ1) is 17.4. The molecule has 0 aromatic rings. The number of alkyl halides is 2. The topological polar surface area (TPSA) is 58.6 Å². The second kappa shape index (κ2) is 6.62. The Morgan fingerprint density at radius 2 is 1.88 bits per heavy atom. The minimum absolute atomic E-state index is 0.0249. The van der Waals surface area contributed by atoms with Gasteiger partial charge in [-0.1, -0.05) is 6.42 Å². The molecule has 0 bridgehead atoms. The van der Waals surface area contributed by atoms with E-state index in [1.807, 2.05) is 11.8 Å². The van der Waals surface area contributed by atoms with E-state index in [0.29, 0.717) is 24.5 Å². The van der Waals surface area contributed by atoms with Gasteiger partial charge >= 0.3 is 0 Å². The van der Waals surface area contributed by atoms with Crippen LogP contribution < -0.4 is 5.73 Å². The maximum Gasteiger partial charge on any atom is 0.132 e. The molecule has 0 saturated heterocycles. The quantitative estimate of drug-likeness (QED) is 0.741. The van der Waals surface area contributed by atoms with E-state index in [-0.39, 0.29) is 23.2 Å². The first-order valence-electron chi connectivity index (χ1n) is 9.48. The minimum atomic E-state index is -1.30. The van der Waals surface area contributed by atoms with Crippen LogP contribution >= 0.6 is 23.4 Å². The molecule has 24 heavy (non-hydrogen) atoms. The highest BCUT2D eigenvalue weighted by molar-refractivity contribution is 8.00. The van der Waals surface area contributed by atoms with Crippen LogP contribution in [-0.4, -0.2) is 44.6 Å². The Morgan fingerprint density at radius 1 is 1.08 bits per heavy atom. The van der Waals surface area contributed by atoms with Crippen LogP contribution in [0.15, 0.2) is 4.99 Å². The van der Waals surface area contributed by atoms with Gasteiger partial charge in [0.25, 0.3) is 0 Å². The van der Waals surface area contributed by atoms with Crippen molar-refractivity contribution in [1.29, 1.82) is 0 Å². The van der Waals surface area contributed by atoms with Gasteiger partial charge in [0.1, 0.15) is 17.6 Å². The Balaban J connectivity index is 1.53. The second-order valence-electron chi connectivity index (χ2n) is 8.17. The van der Waals surface area contributed by atoms with E-state index in [9.17, 15) is 9.50 Å². The molecule has 7 unspecified atom stereocenters. The number of fused-ring (bicyclic) bond motifs is 1. The number of halogens is 2. The zero-order chi connectivity index (χ0) is 16.9. The Bertz CT molecular complexity index is 517. The number of hydrogen-bond donors (Lipinski definition) is 2. The molecular formula is C18H28ClFN2OS. The van der Waals surface area contributed by atoms with Gasteiger partial charge in [-0.3, -0.25) is 4.99 Å². The van der Waals surface area contributed by atoms with Crippen LogP contribution in [0.4, 0.5) is 4.39 Å². The molecule has 3 nitrogen and oxygen atoms in total. The number of amidine groups is 1. The van der Waals surface area contributed by atoms with Crippen molar-refractivity contribution in [2.45, 2.75) is 91.5 Å². The first-order chi connectivity index (χ1) is 11.5. The van der Waals surface area contributed by atoms with Crippen molar-refractivity contribution in [2.24, 2.45) is 22.6 Å². The highest BCUT2D eigenvalue weighted by Crippen LogP contribution is 2.51. The van der Waals surface area contributed by atoms with Crippen LogP contribution in [0.3, 0.4) is 0 Å². The number of nitrogens with zero attached hydrogens (tertiary/aromatic N) is 1. The fraction of sp³-hybridized carbons (Fsp3) is 0.944. The zero-order valence-corrected chi connectivity index (χ0v) is 15.6. The third-order valence-electron chi connectivity index (χ3n) is 6.75. The minimum Gasteiger partial charge on any atom is -0.385 e. The fourth-order valence-electron chi connectivity index (χ4n) is 5.12. The SMILES string of the molecule is NC1=NC2CCC(Cl)CC2C1(O)C1CC(SC2CCC2)CCC1F. The second-order valence-corrected chi connectivity index (χ2v) is 10.4. The lowest BCUT2D eigenvalue weighted by Gasteiger charge is -2.46. The summed E-state index contributed by atoms with van der Waals surface area (Å²) in [4.78, 5) is 4.53. The van der Waals surface area contributed by atoms with E-state index in [2.05, 4.69) is 4.99 Å². The van der Waals surface area contributed by atoms with Crippen molar-refractivity contribution < 1.29 is 9.50 Å². The first-order valence-corrected chi connectivity index (χ1v) is 10.9. The van der Waals surface area contributed by atoms with Crippen LogP contribution in [-0.2, 0) is 0 Å². The highest BCUT2D eigenvalue weighted by atomic mass is 35.5. The maximum atomic E-state index is 14.9. The van der Waals surface area contributed by atoms with Gasteiger partial charge in [-0.05, 0) is 51.4 Å². The van der Waals surface area contributed by atoms with Crippen molar-refractivity contribution in [3.8, 4) is 0 Å². The molecule has 3 saturated carbocycles. The standard InChI is InChI=1S/C18H28ClFN2OS/c19-10-4-7-16-14(8-10)18(23,17(21)22-16)13-9-12(5-6-15(13)20)24-11-2-1-3-11/h10-16,23H,1-9H2,(H2,21,22). The van der Waals surface area contributed by atoms with Crippen molar-refractivity contribution in [3.63, 3.8) is 0 Å². The average Bonchev–Trinajstić information content (AvgIpc) is 2.77. The molecule has 0 spiro atoms. The normalized spacial score (nSPS) is 49.4. The number of aliphatic imine (C=N–C) groups is 1. The van der Waals surface area contributed by atoms with Gasteiger partial charge < -0.3 is 10.8 Å². The van der Waals surface area contributed by atoms with Gasteiger partial charge in [0.15, 0.2) is 0 Å². The summed E-state index contributed by atoms with van der Waals surface area (Å²) in [5.74, 6) is -0.265. The summed E-state index contributed by atoms with van der Waals surface area (Å²) in [7, 11) is 0. The van der Waals surface area contributed by atoms with Crippen LogP contribution in [0.5, 0.6) is 0 Å². The molecule has 3 N–H and O–H groups in total. The van der Waals surface area contributed by atoms with E-state index in [4.69, 9.17) is 17.3 Å². The van der Waals surface area contributed by atoms with E-state index in [1.165, 1.54) is 19.3 Å². The monoisotopic (exact) mass is 374 g/mol. The van der Waals surface area contributed by atoms with Crippen LogP contribution in [0.25, 0.3) is 0 Å². The zero-order valence-electron chi connectivity index (χ0n) is 14.0. The summed E-state index contributed by atoms with van der Waals surface area (Å²) < 4.78 is 14.9. The van der Waals surface area contributed by atoms with E-state index < -0.39 is 17.7 Å². The predicted molar refractivity (Wildman–Crippen MR) is 98.6 cm³/mol. The van der Waals surface area contributed by atoms with Crippen molar-refractivity contribution >= 4 is 29.2 Å². The molecule has 0 aromatic carbocycles. The lowest BCUT2D eigenvalue weighted by molar-refractivity contribution is -0.0575. The summed E-state index contributed by atoms with van der Waals surface area (Å²) >= 11 is 8.37. The van der Waals surface area contributed by atoms with Crippen molar-refractivity contribution in [1.82, 2.24) is 0 Å². The smallest absolute Gasteiger partial charge is 0.132 e. The third-order valence-corrected chi connectivity index (χ3v) is 8.82. The number of thioether (sulfide) groups is 1. The lowest BCUT2D eigenvalue weighted by Crippen LogP contribution is -2.59. The van der Waals surface area contributed by atoms with E-state index >= 15 is 0 Å². The number of hydrogen-bond acceptors (Lipinski definition) is 4. The molecule has 7 atom stereocenters. The van der Waals surface area contributed by atoms with Crippen LogP contribution in [0.1, 0.15) is 57.8 Å². The largest absolute Gasteiger partial charge is 0.385 e. The fourth-order valence-corrected chi connectivity index (χ4v) is 7.18. The summed E-state index contributed by atoms with van der Waals surface area (Å²) in [5, 5.41) is 12.8. The number of rotatable bonds is 3. The van der Waals surface area contributed by atoms with Crippen molar-refractivity contribution in [2.75, 3.05) is 0 Å². The molecular weight excluding hydrogens is 347 g/mol. The molecule has 1 heterocycles. The molecule has 0 aromatic heterocycles. The van der Waals surface area contributed by atoms with Gasteiger partial charge in [0.2, 0.25) is 0 Å². The molecule has 6 heteroatoms. The number of nitrogens with two attached hydrogens (primary N) is 1. The molecule has 4 rings (SSSR count). The Morgan fingerprint density at radius 3 is 2.58 bits per heavy atom. The molecule has 1 aliphatic heterocycles. The molecule has 4 aliphatic rings. The maximum absolute atomic E-state index is 14.9.